The Balaban J connectivity index is 1.74. The van der Waals surface area contributed by atoms with Crippen LogP contribution in [0, 0.1) is 0 Å². The zero-order valence-corrected chi connectivity index (χ0v) is 16.5. The average Bonchev–Trinajstić information content (AvgIpc) is 2.73. The summed E-state index contributed by atoms with van der Waals surface area (Å²) in [6.45, 7) is 2.07. The molecule has 0 bridgehead atoms. The molecule has 3 aromatic rings. The summed E-state index contributed by atoms with van der Waals surface area (Å²) in [5.41, 5.74) is 3.21. The number of nitrogens with zero attached hydrogens (tertiary/aromatic N) is 1. The lowest BCUT2D eigenvalue weighted by atomic mass is 10.1. The number of hydrogen-bond acceptors (Lipinski definition) is 4. The highest BCUT2D eigenvalue weighted by molar-refractivity contribution is 6.30. The number of esters is 1. The van der Waals surface area contributed by atoms with Crippen LogP contribution in [0.3, 0.4) is 0 Å². The Morgan fingerprint density at radius 2 is 1.83 bits per heavy atom. The van der Waals surface area contributed by atoms with Crippen LogP contribution in [0.15, 0.2) is 72.8 Å². The van der Waals surface area contributed by atoms with Gasteiger partial charge in [-0.1, -0.05) is 41.9 Å². The average molecular weight is 407 g/mol. The smallest absolute Gasteiger partial charge is 0.330 e. The molecule has 0 aliphatic rings. The SMILES string of the molecule is CCOC(=O)C=Cc1cccc(NC(=O)c2cccc(-c3ccc(Cl)cc3)n2)c1. The largest absolute Gasteiger partial charge is 0.463 e. The molecule has 1 aromatic heterocycles. The molecule has 1 amide bonds. The van der Waals surface area contributed by atoms with Crippen molar-refractivity contribution in [2.45, 2.75) is 6.92 Å². The molecule has 6 heteroatoms. The first kappa shape index (κ1) is 20.3. The number of aromatic nitrogens is 1. The van der Waals surface area contributed by atoms with E-state index in [1.165, 1.54) is 6.08 Å². The summed E-state index contributed by atoms with van der Waals surface area (Å²) in [6.07, 6.45) is 2.98. The Bertz CT molecular complexity index is 1050. The molecule has 1 N–H and O–H groups in total. The van der Waals surface area contributed by atoms with Gasteiger partial charge >= 0.3 is 5.97 Å². The Kier molecular flexibility index (Phi) is 6.76. The van der Waals surface area contributed by atoms with E-state index < -0.39 is 5.97 Å². The van der Waals surface area contributed by atoms with E-state index >= 15 is 0 Å². The van der Waals surface area contributed by atoms with Crippen molar-refractivity contribution in [1.29, 1.82) is 0 Å². The maximum absolute atomic E-state index is 12.6. The van der Waals surface area contributed by atoms with Crippen molar-refractivity contribution in [1.82, 2.24) is 4.98 Å². The van der Waals surface area contributed by atoms with Crippen LogP contribution in [-0.2, 0) is 9.53 Å². The standard InChI is InChI=1S/C23H19ClN2O3/c1-2-29-22(27)14-9-16-5-3-6-19(15-16)25-23(28)21-8-4-7-20(26-21)17-10-12-18(24)13-11-17/h3-15H,2H2,1H3,(H,25,28). The number of carbonyl (C=O) groups excluding carboxylic acids is 2. The lowest BCUT2D eigenvalue weighted by Gasteiger charge is -2.07. The van der Waals surface area contributed by atoms with Crippen LogP contribution in [0.1, 0.15) is 23.0 Å². The van der Waals surface area contributed by atoms with E-state index in [9.17, 15) is 9.59 Å². The number of carbonyl (C=O) groups is 2. The number of anilines is 1. The minimum Gasteiger partial charge on any atom is -0.463 e. The second-order valence-corrected chi connectivity index (χ2v) is 6.52. The highest BCUT2D eigenvalue weighted by Crippen LogP contribution is 2.20. The molecule has 0 aliphatic carbocycles. The summed E-state index contributed by atoms with van der Waals surface area (Å²) < 4.78 is 4.86. The second-order valence-electron chi connectivity index (χ2n) is 6.08. The molecule has 0 saturated carbocycles. The van der Waals surface area contributed by atoms with E-state index in [4.69, 9.17) is 16.3 Å². The first-order valence-electron chi connectivity index (χ1n) is 9.04. The number of rotatable bonds is 6. The monoisotopic (exact) mass is 406 g/mol. The van der Waals surface area contributed by atoms with Crippen molar-refractivity contribution in [2.24, 2.45) is 0 Å². The lowest BCUT2D eigenvalue weighted by Crippen LogP contribution is -2.13. The van der Waals surface area contributed by atoms with Gasteiger partial charge in [0.25, 0.3) is 5.91 Å². The Hall–Kier alpha value is -3.44. The Morgan fingerprint density at radius 3 is 2.59 bits per heavy atom. The first-order chi connectivity index (χ1) is 14.0. The van der Waals surface area contributed by atoms with Gasteiger partial charge in [0.15, 0.2) is 0 Å². The quantitative estimate of drug-likeness (QED) is 0.449. The number of benzene rings is 2. The van der Waals surface area contributed by atoms with Crippen molar-refractivity contribution >= 4 is 35.2 Å². The fraction of sp³-hybridized carbons (Fsp3) is 0.0870. The number of ether oxygens (including phenoxy) is 1. The molecule has 0 radical (unpaired) electrons. The number of nitrogens with one attached hydrogen (secondary N) is 1. The first-order valence-corrected chi connectivity index (χ1v) is 9.42. The minimum atomic E-state index is -0.412. The Morgan fingerprint density at radius 1 is 1.07 bits per heavy atom. The van der Waals surface area contributed by atoms with Gasteiger partial charge in [0, 0.05) is 22.3 Å². The van der Waals surface area contributed by atoms with Crippen molar-refractivity contribution in [3.63, 3.8) is 0 Å². The summed E-state index contributed by atoms with van der Waals surface area (Å²) in [7, 11) is 0. The molecule has 3 rings (SSSR count). The number of amides is 1. The van der Waals surface area contributed by atoms with Crippen molar-refractivity contribution in [2.75, 3.05) is 11.9 Å². The molecule has 0 unspecified atom stereocenters. The molecule has 0 saturated heterocycles. The molecule has 146 valence electrons. The molecule has 1 heterocycles. The normalized spacial score (nSPS) is 10.7. The number of halogens is 1. The maximum Gasteiger partial charge on any atom is 0.330 e. The van der Waals surface area contributed by atoms with Gasteiger partial charge in [0.1, 0.15) is 5.69 Å². The molecule has 0 atom stereocenters. The fourth-order valence-electron chi connectivity index (χ4n) is 2.61. The zero-order valence-electron chi connectivity index (χ0n) is 15.8. The van der Waals surface area contributed by atoms with E-state index in [1.54, 1.807) is 55.5 Å². The summed E-state index contributed by atoms with van der Waals surface area (Å²) >= 11 is 5.92. The van der Waals surface area contributed by atoms with Gasteiger partial charge in [-0.15, -0.1) is 0 Å². The topological polar surface area (TPSA) is 68.3 Å². The molecule has 0 fully saturated rings. The fourth-order valence-corrected chi connectivity index (χ4v) is 2.74. The van der Waals surface area contributed by atoms with E-state index in [0.29, 0.717) is 28.7 Å². The Labute approximate surface area is 174 Å². The van der Waals surface area contributed by atoms with Crippen LogP contribution in [0.2, 0.25) is 5.02 Å². The van der Waals surface area contributed by atoms with E-state index in [0.717, 1.165) is 11.1 Å². The van der Waals surface area contributed by atoms with Gasteiger partial charge in [-0.3, -0.25) is 4.79 Å². The summed E-state index contributed by atoms with van der Waals surface area (Å²) in [5, 5.41) is 3.47. The molecular weight excluding hydrogens is 388 g/mol. The molecule has 0 spiro atoms. The molecule has 2 aromatic carbocycles. The second kappa shape index (κ2) is 9.66. The van der Waals surface area contributed by atoms with Crippen LogP contribution in [-0.4, -0.2) is 23.5 Å². The van der Waals surface area contributed by atoms with Crippen molar-refractivity contribution in [3.05, 3.63) is 89.1 Å². The van der Waals surface area contributed by atoms with Gasteiger partial charge in [-0.05, 0) is 55.0 Å². The summed E-state index contributed by atoms with van der Waals surface area (Å²) in [5.74, 6) is -0.738. The van der Waals surface area contributed by atoms with Crippen molar-refractivity contribution < 1.29 is 14.3 Å². The van der Waals surface area contributed by atoms with Gasteiger partial charge in [0.05, 0.1) is 12.3 Å². The molecule has 29 heavy (non-hydrogen) atoms. The van der Waals surface area contributed by atoms with Gasteiger partial charge < -0.3 is 10.1 Å². The minimum absolute atomic E-state index is 0.296. The number of hydrogen-bond donors (Lipinski definition) is 1. The third-order valence-corrected chi connectivity index (χ3v) is 4.22. The number of pyridine rings is 1. The van der Waals surface area contributed by atoms with E-state index in [2.05, 4.69) is 10.3 Å². The van der Waals surface area contributed by atoms with Crippen LogP contribution in [0.5, 0.6) is 0 Å². The van der Waals surface area contributed by atoms with Crippen LogP contribution in [0.25, 0.3) is 17.3 Å². The molecule has 0 aliphatic heterocycles. The maximum atomic E-state index is 12.6. The van der Waals surface area contributed by atoms with E-state index in [1.807, 2.05) is 24.3 Å². The van der Waals surface area contributed by atoms with Gasteiger partial charge in [-0.25, -0.2) is 9.78 Å². The highest BCUT2D eigenvalue weighted by Gasteiger charge is 2.10. The van der Waals surface area contributed by atoms with E-state index in [-0.39, 0.29) is 5.91 Å². The predicted molar refractivity (Wildman–Crippen MR) is 115 cm³/mol. The lowest BCUT2D eigenvalue weighted by molar-refractivity contribution is -0.137. The third kappa shape index (κ3) is 5.77. The van der Waals surface area contributed by atoms with Crippen molar-refractivity contribution in [3.8, 4) is 11.3 Å². The summed E-state index contributed by atoms with van der Waals surface area (Å²) in [4.78, 5) is 28.5. The zero-order chi connectivity index (χ0) is 20.6. The predicted octanol–water partition coefficient (Wildman–Crippen LogP) is 5.23. The van der Waals surface area contributed by atoms with Gasteiger partial charge in [0.2, 0.25) is 0 Å². The molecule has 5 nitrogen and oxygen atoms in total. The molecular formula is C23H19ClN2O3. The van der Waals surface area contributed by atoms with Crippen LogP contribution >= 0.6 is 11.6 Å². The third-order valence-electron chi connectivity index (χ3n) is 3.96. The van der Waals surface area contributed by atoms with Crippen LogP contribution in [0.4, 0.5) is 5.69 Å². The summed E-state index contributed by atoms with van der Waals surface area (Å²) in [6, 6.07) is 19.7. The highest BCUT2D eigenvalue weighted by atomic mass is 35.5. The van der Waals surface area contributed by atoms with Gasteiger partial charge in [-0.2, -0.15) is 0 Å². The van der Waals surface area contributed by atoms with Crippen LogP contribution < -0.4 is 5.32 Å².